The molecule has 0 spiro atoms. The van der Waals surface area contributed by atoms with Gasteiger partial charge < -0.3 is 25.4 Å². The van der Waals surface area contributed by atoms with Crippen molar-refractivity contribution in [1.29, 1.82) is 0 Å². The van der Waals surface area contributed by atoms with Crippen molar-refractivity contribution in [3.05, 3.63) is 34.0 Å². The average molecular weight is 398 g/mol. The number of nitrogens with two attached hydrogens (primary N) is 1. The third-order valence-electron chi connectivity index (χ3n) is 4.23. The highest BCUT2D eigenvalue weighted by molar-refractivity contribution is 7.14. The van der Waals surface area contributed by atoms with Crippen LogP contribution in [0.3, 0.4) is 0 Å². The quantitative estimate of drug-likeness (QED) is 0.580. The highest BCUT2D eigenvalue weighted by atomic mass is 35.5. The number of aromatic nitrogens is 4. The molecule has 9 nitrogen and oxygen atoms in total. The van der Waals surface area contributed by atoms with E-state index in [1.165, 1.54) is 28.6 Å². The van der Waals surface area contributed by atoms with E-state index in [2.05, 4.69) is 15.0 Å². The van der Waals surface area contributed by atoms with Gasteiger partial charge in [0.2, 0.25) is 0 Å². The Morgan fingerprint density at radius 2 is 2.15 bits per heavy atom. The molecule has 4 rings (SSSR count). The van der Waals surface area contributed by atoms with Crippen molar-refractivity contribution < 1.29 is 19.7 Å². The first-order valence-corrected chi connectivity index (χ1v) is 9.06. The number of aliphatic hydroxyl groups is 2. The van der Waals surface area contributed by atoms with E-state index in [1.54, 1.807) is 0 Å². The highest BCUT2D eigenvalue weighted by Crippen LogP contribution is 2.32. The Balaban J connectivity index is 1.47. The Kier molecular flexibility index (Phi) is 4.78. The van der Waals surface area contributed by atoms with Crippen molar-refractivity contribution in [2.24, 2.45) is 0 Å². The zero-order valence-electron chi connectivity index (χ0n) is 13.4. The van der Waals surface area contributed by atoms with Crippen LogP contribution in [0.1, 0.15) is 11.8 Å². The largest absolute Gasteiger partial charge is 0.387 e. The molecule has 26 heavy (non-hydrogen) atoms. The van der Waals surface area contributed by atoms with Crippen molar-refractivity contribution in [2.75, 3.05) is 12.3 Å². The van der Waals surface area contributed by atoms with Crippen molar-refractivity contribution in [3.63, 3.8) is 0 Å². The highest BCUT2D eigenvalue weighted by Gasteiger charge is 2.44. The molecule has 0 aliphatic carbocycles. The number of fused-ring (bicyclic) bond motifs is 1. The summed E-state index contributed by atoms with van der Waals surface area (Å²) < 4.78 is 13.6. The van der Waals surface area contributed by atoms with Gasteiger partial charge in [0.25, 0.3) is 0 Å². The normalized spacial score (nSPS) is 26.0. The number of aliphatic hydroxyl groups excluding tert-OH is 2. The standard InChI is InChI=1S/C15H16ClN5O4S/c16-12-7(1-2-26-12)3-24-4-8-10(22)11(23)15(25-8)21-6-20-9-13(17)18-5-19-14(9)21/h1-2,5-6,8,10-11,15,22-23H,3-4H2,(H2,17,18,19)/t8-,10-,11-,15-/m1/s1. The molecule has 138 valence electrons. The third-order valence-corrected chi connectivity index (χ3v) is 5.48. The summed E-state index contributed by atoms with van der Waals surface area (Å²) in [5.74, 6) is 0.231. The van der Waals surface area contributed by atoms with E-state index in [9.17, 15) is 10.2 Å². The molecule has 3 aromatic rings. The number of hydrogen-bond donors (Lipinski definition) is 3. The van der Waals surface area contributed by atoms with Crippen LogP contribution in [0, 0.1) is 0 Å². The van der Waals surface area contributed by atoms with Gasteiger partial charge in [0.05, 0.1) is 23.9 Å². The topological polar surface area (TPSA) is 129 Å². The van der Waals surface area contributed by atoms with E-state index >= 15 is 0 Å². The van der Waals surface area contributed by atoms with Gasteiger partial charge in [-0.2, -0.15) is 0 Å². The lowest BCUT2D eigenvalue weighted by Crippen LogP contribution is -2.33. The van der Waals surface area contributed by atoms with Gasteiger partial charge in [-0.3, -0.25) is 4.57 Å². The first kappa shape index (κ1) is 17.6. The van der Waals surface area contributed by atoms with E-state index < -0.39 is 24.5 Å². The van der Waals surface area contributed by atoms with Crippen LogP contribution in [0.2, 0.25) is 4.34 Å². The lowest BCUT2D eigenvalue weighted by Gasteiger charge is -2.16. The second-order valence-electron chi connectivity index (χ2n) is 5.86. The van der Waals surface area contributed by atoms with Gasteiger partial charge in [0, 0.05) is 5.56 Å². The fourth-order valence-corrected chi connectivity index (χ4v) is 3.76. The van der Waals surface area contributed by atoms with Crippen molar-refractivity contribution in [1.82, 2.24) is 19.5 Å². The van der Waals surface area contributed by atoms with Crippen LogP contribution in [0.5, 0.6) is 0 Å². The molecule has 4 N–H and O–H groups in total. The molecule has 4 heterocycles. The summed E-state index contributed by atoms with van der Waals surface area (Å²) in [4.78, 5) is 12.2. The second kappa shape index (κ2) is 7.06. The Labute approximate surface area is 157 Å². The number of hydrogen-bond acceptors (Lipinski definition) is 9. The zero-order chi connectivity index (χ0) is 18.3. The van der Waals surface area contributed by atoms with Crippen molar-refractivity contribution in [3.8, 4) is 0 Å². The number of nitrogens with zero attached hydrogens (tertiary/aromatic N) is 4. The van der Waals surface area contributed by atoms with Gasteiger partial charge in [-0.25, -0.2) is 15.0 Å². The molecule has 0 unspecified atom stereocenters. The predicted molar refractivity (Wildman–Crippen MR) is 94.6 cm³/mol. The van der Waals surface area contributed by atoms with Gasteiger partial charge in [-0.15, -0.1) is 11.3 Å². The minimum atomic E-state index is -1.16. The van der Waals surface area contributed by atoms with Gasteiger partial charge in [-0.1, -0.05) is 11.6 Å². The molecule has 1 aliphatic rings. The summed E-state index contributed by atoms with van der Waals surface area (Å²) >= 11 is 7.45. The molecule has 0 aromatic carbocycles. The van der Waals surface area contributed by atoms with Crippen molar-refractivity contribution in [2.45, 2.75) is 31.1 Å². The zero-order valence-corrected chi connectivity index (χ0v) is 15.0. The van der Waals surface area contributed by atoms with Gasteiger partial charge >= 0.3 is 0 Å². The number of nitrogen functional groups attached to an aromatic ring is 1. The number of thiophene rings is 1. The lowest BCUT2D eigenvalue weighted by atomic mass is 10.1. The molecule has 1 fully saturated rings. The fourth-order valence-electron chi connectivity index (χ4n) is 2.86. The molecule has 0 radical (unpaired) electrons. The minimum Gasteiger partial charge on any atom is -0.387 e. The van der Waals surface area contributed by atoms with Crippen LogP contribution in [0.15, 0.2) is 24.1 Å². The first-order chi connectivity index (χ1) is 12.6. The maximum absolute atomic E-state index is 10.4. The first-order valence-electron chi connectivity index (χ1n) is 7.80. The Morgan fingerprint density at radius 3 is 2.92 bits per heavy atom. The Morgan fingerprint density at radius 1 is 1.31 bits per heavy atom. The maximum atomic E-state index is 10.4. The van der Waals surface area contributed by atoms with Crippen molar-refractivity contribution >= 4 is 39.9 Å². The molecule has 0 amide bonds. The number of anilines is 1. The molecule has 4 atom stereocenters. The van der Waals surface area contributed by atoms with Gasteiger partial charge in [-0.05, 0) is 11.4 Å². The number of rotatable bonds is 5. The average Bonchev–Trinajstić information content (AvgIpc) is 3.30. The Bertz CT molecular complexity index is 918. The molecule has 3 aromatic heterocycles. The monoisotopic (exact) mass is 397 g/mol. The maximum Gasteiger partial charge on any atom is 0.167 e. The van der Waals surface area contributed by atoms with E-state index in [1.807, 2.05) is 11.4 Å². The number of imidazole rings is 1. The fraction of sp³-hybridized carbons (Fsp3) is 0.400. The van der Waals surface area contributed by atoms with Crippen LogP contribution in [0.25, 0.3) is 11.2 Å². The van der Waals surface area contributed by atoms with Crippen LogP contribution in [-0.2, 0) is 16.1 Å². The lowest BCUT2D eigenvalue weighted by molar-refractivity contribution is -0.0682. The smallest absolute Gasteiger partial charge is 0.167 e. The molecule has 1 saturated heterocycles. The summed E-state index contributed by atoms with van der Waals surface area (Å²) in [5, 5.41) is 22.6. The van der Waals surface area contributed by atoms with E-state index in [0.29, 0.717) is 22.1 Å². The van der Waals surface area contributed by atoms with Crippen LogP contribution >= 0.6 is 22.9 Å². The number of ether oxygens (including phenoxy) is 2. The van der Waals surface area contributed by atoms with Crippen LogP contribution in [0.4, 0.5) is 5.82 Å². The summed E-state index contributed by atoms with van der Waals surface area (Å²) in [5.41, 5.74) is 7.47. The number of halogens is 1. The molecule has 0 saturated carbocycles. The predicted octanol–water partition coefficient (Wildman–Crippen LogP) is 0.959. The molecular formula is C15H16ClN5O4S. The molecule has 0 bridgehead atoms. The van der Waals surface area contributed by atoms with Crippen LogP contribution < -0.4 is 5.73 Å². The SMILES string of the molecule is Nc1ncnc2c1ncn2[C@@H]1O[C@H](COCc2ccsc2Cl)[C@@H](O)[C@H]1O. The summed E-state index contributed by atoms with van der Waals surface area (Å²) in [6, 6.07) is 1.87. The van der Waals surface area contributed by atoms with E-state index in [0.717, 1.165) is 5.56 Å². The van der Waals surface area contributed by atoms with Gasteiger partial charge in [0.15, 0.2) is 17.7 Å². The van der Waals surface area contributed by atoms with E-state index in [-0.39, 0.29) is 12.4 Å². The van der Waals surface area contributed by atoms with E-state index in [4.69, 9.17) is 26.8 Å². The molecule has 11 heteroatoms. The molecule has 1 aliphatic heterocycles. The third kappa shape index (κ3) is 3.04. The second-order valence-corrected chi connectivity index (χ2v) is 7.38. The summed E-state index contributed by atoms with van der Waals surface area (Å²) in [7, 11) is 0. The van der Waals surface area contributed by atoms with Gasteiger partial charge in [0.1, 0.15) is 30.2 Å². The Hall–Kier alpha value is -1.82. The summed E-state index contributed by atoms with van der Waals surface area (Å²) in [6.45, 7) is 0.401. The molecular weight excluding hydrogens is 382 g/mol. The summed E-state index contributed by atoms with van der Waals surface area (Å²) in [6.07, 6.45) is -1.09. The minimum absolute atomic E-state index is 0.102. The van der Waals surface area contributed by atoms with Crippen LogP contribution in [-0.4, -0.2) is 54.7 Å².